The zero-order chi connectivity index (χ0) is 13.0. The fraction of sp³-hybridized carbons (Fsp3) is 0.167. The monoisotopic (exact) mass is 266 g/mol. The number of rotatable bonds is 4. The van der Waals surface area contributed by atoms with Gasteiger partial charge in [-0.25, -0.2) is 9.37 Å². The number of benzene rings is 1. The third-order valence-corrected chi connectivity index (χ3v) is 2.83. The van der Waals surface area contributed by atoms with Gasteiger partial charge in [-0.15, -0.1) is 11.3 Å². The highest BCUT2D eigenvalue weighted by molar-refractivity contribution is 7.13. The lowest BCUT2D eigenvalue weighted by Gasteiger charge is -2.13. The highest BCUT2D eigenvalue weighted by atomic mass is 32.1. The topological polar surface area (TPSA) is 51.2 Å². The molecule has 0 saturated carbocycles. The number of hydrogen-bond acceptors (Lipinski definition) is 4. The summed E-state index contributed by atoms with van der Waals surface area (Å²) in [5, 5.41) is 4.87. The molecular weight excluding hydrogens is 255 g/mol. The first kappa shape index (κ1) is 12.5. The van der Waals surface area contributed by atoms with Crippen molar-refractivity contribution in [2.24, 2.45) is 0 Å². The summed E-state index contributed by atoms with van der Waals surface area (Å²) in [6.45, 7) is 1.59. The number of hydrogen-bond donors (Lipinski definition) is 1. The maximum absolute atomic E-state index is 12.9. The van der Waals surface area contributed by atoms with E-state index in [0.717, 1.165) is 0 Å². The number of nitrogens with one attached hydrogen (secondary N) is 1. The summed E-state index contributed by atoms with van der Waals surface area (Å²) < 4.78 is 18.3. The molecule has 0 bridgehead atoms. The Balaban J connectivity index is 1.95. The van der Waals surface area contributed by atoms with Crippen LogP contribution in [0.2, 0.25) is 0 Å². The van der Waals surface area contributed by atoms with Crippen molar-refractivity contribution in [1.82, 2.24) is 4.98 Å². The van der Waals surface area contributed by atoms with Crippen LogP contribution in [0.5, 0.6) is 5.75 Å². The Hall–Kier alpha value is -1.95. The molecule has 6 heteroatoms. The minimum absolute atomic E-state index is 0.316. The van der Waals surface area contributed by atoms with Gasteiger partial charge in [-0.1, -0.05) is 6.07 Å². The number of carbonyl (C=O) groups excluding carboxylic acids is 1. The van der Waals surface area contributed by atoms with E-state index in [1.165, 1.54) is 29.5 Å². The van der Waals surface area contributed by atoms with Crippen molar-refractivity contribution in [2.45, 2.75) is 13.0 Å². The normalized spacial score (nSPS) is 11.9. The van der Waals surface area contributed by atoms with E-state index in [1.807, 2.05) is 0 Å². The second kappa shape index (κ2) is 5.59. The van der Waals surface area contributed by atoms with Crippen molar-refractivity contribution in [3.8, 4) is 5.75 Å². The van der Waals surface area contributed by atoms with E-state index in [1.54, 1.807) is 24.6 Å². The summed E-state index contributed by atoms with van der Waals surface area (Å²) in [4.78, 5) is 15.7. The molecule has 1 amide bonds. The zero-order valence-corrected chi connectivity index (χ0v) is 10.4. The predicted octanol–water partition coefficient (Wildman–Crippen LogP) is 2.69. The summed E-state index contributed by atoms with van der Waals surface area (Å²) in [6, 6.07) is 5.66. The molecule has 2 aromatic rings. The first-order valence-electron chi connectivity index (χ1n) is 5.28. The second-order valence-corrected chi connectivity index (χ2v) is 4.44. The van der Waals surface area contributed by atoms with Gasteiger partial charge in [0.25, 0.3) is 5.91 Å². The Labute approximate surface area is 107 Å². The third kappa shape index (κ3) is 3.27. The van der Waals surface area contributed by atoms with Gasteiger partial charge in [0.1, 0.15) is 11.6 Å². The number of thiazole rings is 1. The van der Waals surface area contributed by atoms with Gasteiger partial charge in [0, 0.05) is 17.6 Å². The number of ether oxygens (including phenoxy) is 1. The molecule has 1 aromatic heterocycles. The first-order valence-corrected chi connectivity index (χ1v) is 6.15. The molecule has 2 rings (SSSR count). The first-order chi connectivity index (χ1) is 8.65. The van der Waals surface area contributed by atoms with Gasteiger partial charge < -0.3 is 4.74 Å². The summed E-state index contributed by atoms with van der Waals surface area (Å²) in [5.74, 6) is -0.411. The SMILES string of the molecule is C[C@@H](Oc1cccc(F)c1)C(=O)Nc1nccs1. The van der Waals surface area contributed by atoms with E-state index in [2.05, 4.69) is 10.3 Å². The predicted molar refractivity (Wildman–Crippen MR) is 67.2 cm³/mol. The van der Waals surface area contributed by atoms with Gasteiger partial charge in [0.05, 0.1) is 0 Å². The highest BCUT2D eigenvalue weighted by Crippen LogP contribution is 2.15. The van der Waals surface area contributed by atoms with E-state index < -0.39 is 11.9 Å². The molecule has 1 heterocycles. The van der Waals surface area contributed by atoms with Crippen LogP contribution in [-0.2, 0) is 4.79 Å². The van der Waals surface area contributed by atoms with Crippen molar-refractivity contribution in [3.63, 3.8) is 0 Å². The summed E-state index contributed by atoms with van der Waals surface area (Å²) in [7, 11) is 0. The van der Waals surface area contributed by atoms with Crippen LogP contribution in [-0.4, -0.2) is 17.0 Å². The molecule has 0 aliphatic carbocycles. The summed E-state index contributed by atoms with van der Waals surface area (Å²) in [6.07, 6.45) is 0.869. The summed E-state index contributed by atoms with van der Waals surface area (Å²) in [5.41, 5.74) is 0. The van der Waals surface area contributed by atoms with Gasteiger partial charge >= 0.3 is 0 Å². The van der Waals surface area contributed by atoms with Gasteiger partial charge in [-0.2, -0.15) is 0 Å². The third-order valence-electron chi connectivity index (χ3n) is 2.14. The van der Waals surface area contributed by atoms with E-state index >= 15 is 0 Å². The molecule has 0 fully saturated rings. The largest absolute Gasteiger partial charge is 0.481 e. The maximum atomic E-state index is 12.9. The van der Waals surface area contributed by atoms with Crippen LogP contribution in [0.25, 0.3) is 0 Å². The lowest BCUT2D eigenvalue weighted by Crippen LogP contribution is -2.30. The van der Waals surface area contributed by atoms with Crippen molar-refractivity contribution in [1.29, 1.82) is 0 Å². The number of nitrogens with zero attached hydrogens (tertiary/aromatic N) is 1. The van der Waals surface area contributed by atoms with Crippen LogP contribution in [0.15, 0.2) is 35.8 Å². The lowest BCUT2D eigenvalue weighted by molar-refractivity contribution is -0.122. The van der Waals surface area contributed by atoms with Gasteiger partial charge in [0.2, 0.25) is 0 Å². The smallest absolute Gasteiger partial charge is 0.266 e. The van der Waals surface area contributed by atoms with E-state index in [9.17, 15) is 9.18 Å². The molecule has 18 heavy (non-hydrogen) atoms. The highest BCUT2D eigenvalue weighted by Gasteiger charge is 2.15. The molecule has 0 saturated heterocycles. The van der Waals surface area contributed by atoms with Crippen molar-refractivity contribution in [2.75, 3.05) is 5.32 Å². The second-order valence-electron chi connectivity index (χ2n) is 3.54. The van der Waals surface area contributed by atoms with Gasteiger partial charge in [-0.05, 0) is 19.1 Å². The van der Waals surface area contributed by atoms with Crippen LogP contribution < -0.4 is 10.1 Å². The fourth-order valence-corrected chi connectivity index (χ4v) is 1.82. The molecular formula is C12H11FN2O2S. The minimum atomic E-state index is -0.726. The van der Waals surface area contributed by atoms with Crippen LogP contribution in [0.4, 0.5) is 9.52 Å². The average molecular weight is 266 g/mol. The number of carbonyl (C=O) groups is 1. The zero-order valence-electron chi connectivity index (χ0n) is 9.59. The number of halogens is 1. The Morgan fingerprint density at radius 1 is 1.56 bits per heavy atom. The molecule has 0 unspecified atom stereocenters. The summed E-state index contributed by atoms with van der Waals surface area (Å²) >= 11 is 1.32. The minimum Gasteiger partial charge on any atom is -0.481 e. The molecule has 0 spiro atoms. The van der Waals surface area contributed by atoms with Crippen LogP contribution in [0.3, 0.4) is 0 Å². The van der Waals surface area contributed by atoms with Crippen LogP contribution >= 0.6 is 11.3 Å². The van der Waals surface area contributed by atoms with Crippen molar-refractivity contribution in [3.05, 3.63) is 41.7 Å². The Kier molecular flexibility index (Phi) is 3.88. The molecule has 0 aliphatic rings. The number of aromatic nitrogens is 1. The van der Waals surface area contributed by atoms with E-state index in [4.69, 9.17) is 4.74 Å². The number of amides is 1. The van der Waals surface area contributed by atoms with E-state index in [-0.39, 0.29) is 5.91 Å². The average Bonchev–Trinajstić information content (AvgIpc) is 2.81. The van der Waals surface area contributed by atoms with E-state index in [0.29, 0.717) is 10.9 Å². The van der Waals surface area contributed by atoms with Crippen LogP contribution in [0, 0.1) is 5.82 Å². The molecule has 94 valence electrons. The van der Waals surface area contributed by atoms with Gasteiger partial charge in [-0.3, -0.25) is 10.1 Å². The molecule has 4 nitrogen and oxygen atoms in total. The Bertz CT molecular complexity index is 531. The van der Waals surface area contributed by atoms with Crippen LogP contribution in [0.1, 0.15) is 6.92 Å². The molecule has 1 aromatic carbocycles. The Morgan fingerprint density at radius 2 is 2.39 bits per heavy atom. The van der Waals surface area contributed by atoms with Crippen molar-refractivity contribution >= 4 is 22.4 Å². The lowest BCUT2D eigenvalue weighted by atomic mass is 10.3. The fourth-order valence-electron chi connectivity index (χ4n) is 1.29. The molecule has 0 radical (unpaired) electrons. The number of anilines is 1. The standard InChI is InChI=1S/C12H11FN2O2S/c1-8(11(16)15-12-14-5-6-18-12)17-10-4-2-3-9(13)7-10/h2-8H,1H3,(H,14,15,16)/t8-/m1/s1. The van der Waals surface area contributed by atoms with Crippen molar-refractivity contribution < 1.29 is 13.9 Å². The Morgan fingerprint density at radius 3 is 3.06 bits per heavy atom. The maximum Gasteiger partial charge on any atom is 0.266 e. The molecule has 0 aliphatic heterocycles. The van der Waals surface area contributed by atoms with Gasteiger partial charge in [0.15, 0.2) is 11.2 Å². The molecule has 1 N–H and O–H groups in total. The quantitative estimate of drug-likeness (QED) is 0.925. The molecule has 1 atom stereocenters.